The molecule has 0 amide bonds. The highest BCUT2D eigenvalue weighted by atomic mass is 19.1. The minimum atomic E-state index is -0.265. The first-order valence-corrected chi connectivity index (χ1v) is 10.3. The predicted molar refractivity (Wildman–Crippen MR) is 115 cm³/mol. The molecule has 4 aromatic rings. The topological polar surface area (TPSA) is 42.7 Å². The molecule has 1 aliphatic rings. The first-order valence-electron chi connectivity index (χ1n) is 10.3. The van der Waals surface area contributed by atoms with Gasteiger partial charge < -0.3 is 4.74 Å². The monoisotopic (exact) mass is 402 g/mol. The molecule has 1 aromatic carbocycles. The Morgan fingerprint density at radius 1 is 0.900 bits per heavy atom. The van der Waals surface area contributed by atoms with Crippen LogP contribution in [0, 0.1) is 5.82 Å². The van der Waals surface area contributed by atoms with Crippen molar-refractivity contribution < 1.29 is 9.13 Å². The summed E-state index contributed by atoms with van der Waals surface area (Å²) in [7, 11) is 0. The van der Waals surface area contributed by atoms with Crippen molar-refractivity contribution in [3.63, 3.8) is 0 Å². The summed E-state index contributed by atoms with van der Waals surface area (Å²) in [5, 5.41) is 4.87. The molecule has 4 heterocycles. The Kier molecular flexibility index (Phi) is 5.15. The predicted octanol–water partition coefficient (Wildman–Crippen LogP) is 4.68. The lowest BCUT2D eigenvalue weighted by molar-refractivity contribution is 0.228. The number of halogens is 1. The van der Waals surface area contributed by atoms with Gasteiger partial charge in [-0.15, -0.1) is 0 Å². The number of aromatic nitrogens is 3. The van der Waals surface area contributed by atoms with Crippen molar-refractivity contribution >= 4 is 5.52 Å². The van der Waals surface area contributed by atoms with Crippen molar-refractivity contribution in [1.82, 2.24) is 19.5 Å². The van der Waals surface area contributed by atoms with Crippen LogP contribution in [0.4, 0.5) is 4.39 Å². The van der Waals surface area contributed by atoms with Gasteiger partial charge in [0, 0.05) is 36.1 Å². The summed E-state index contributed by atoms with van der Waals surface area (Å²) in [5.41, 5.74) is 4.58. The van der Waals surface area contributed by atoms with Gasteiger partial charge in [0.25, 0.3) is 0 Å². The Morgan fingerprint density at radius 2 is 1.67 bits per heavy atom. The van der Waals surface area contributed by atoms with E-state index in [0.717, 1.165) is 47.5 Å². The van der Waals surface area contributed by atoms with Crippen LogP contribution in [0.2, 0.25) is 0 Å². The van der Waals surface area contributed by atoms with Gasteiger partial charge in [-0.05, 0) is 74.0 Å². The fraction of sp³-hybridized carbons (Fsp3) is 0.250. The summed E-state index contributed by atoms with van der Waals surface area (Å²) in [6.45, 7) is 3.83. The Balaban J connectivity index is 1.56. The Bertz CT molecular complexity index is 1140. The molecule has 6 heteroatoms. The second-order valence-electron chi connectivity index (χ2n) is 7.52. The molecule has 0 aliphatic carbocycles. The molecule has 5 rings (SSSR count). The van der Waals surface area contributed by atoms with E-state index in [1.165, 1.54) is 25.0 Å². The average molecular weight is 402 g/mol. The Labute approximate surface area is 174 Å². The molecule has 1 aliphatic heterocycles. The lowest BCUT2D eigenvalue weighted by Gasteiger charge is -2.15. The average Bonchev–Trinajstić information content (AvgIpc) is 3.43. The van der Waals surface area contributed by atoms with E-state index in [2.05, 4.69) is 9.88 Å². The summed E-state index contributed by atoms with van der Waals surface area (Å²) in [4.78, 5) is 6.57. The highest BCUT2D eigenvalue weighted by Crippen LogP contribution is 2.36. The quantitative estimate of drug-likeness (QED) is 0.470. The summed E-state index contributed by atoms with van der Waals surface area (Å²) in [6, 6.07) is 16.3. The minimum Gasteiger partial charge on any atom is -0.476 e. The third-order valence-corrected chi connectivity index (χ3v) is 5.57. The lowest BCUT2D eigenvalue weighted by Crippen LogP contribution is -2.25. The van der Waals surface area contributed by atoms with Gasteiger partial charge in [-0.1, -0.05) is 6.07 Å². The zero-order chi connectivity index (χ0) is 20.3. The van der Waals surface area contributed by atoms with Crippen molar-refractivity contribution in [1.29, 1.82) is 0 Å². The van der Waals surface area contributed by atoms with Gasteiger partial charge in [-0.2, -0.15) is 9.61 Å². The van der Waals surface area contributed by atoms with Crippen LogP contribution in [0.1, 0.15) is 12.8 Å². The standard InChI is InChI=1S/C24H23FN4O/c25-20-8-6-19(7-9-20)24-23(18-10-12-26-13-11-18)21-4-3-5-22(29(21)27-24)30-17-16-28-14-1-2-15-28/h3-13H,1-2,14-17H2. The van der Waals surface area contributed by atoms with Crippen molar-refractivity contribution in [3.05, 3.63) is 72.8 Å². The number of ether oxygens (including phenoxy) is 1. The number of likely N-dealkylation sites (tertiary alicyclic amines) is 1. The highest BCUT2D eigenvalue weighted by Gasteiger charge is 2.19. The zero-order valence-corrected chi connectivity index (χ0v) is 16.7. The fourth-order valence-electron chi connectivity index (χ4n) is 4.05. The first kappa shape index (κ1) is 18.8. The van der Waals surface area contributed by atoms with Gasteiger partial charge in [0.2, 0.25) is 5.88 Å². The first-order chi connectivity index (χ1) is 14.8. The normalized spacial score (nSPS) is 14.4. The smallest absolute Gasteiger partial charge is 0.215 e. The molecule has 152 valence electrons. The number of rotatable bonds is 6. The van der Waals surface area contributed by atoms with Crippen LogP contribution in [-0.2, 0) is 0 Å². The van der Waals surface area contributed by atoms with Crippen LogP contribution in [0.25, 0.3) is 27.9 Å². The molecule has 0 saturated carbocycles. The van der Waals surface area contributed by atoms with E-state index in [1.807, 2.05) is 34.8 Å². The van der Waals surface area contributed by atoms with E-state index in [1.54, 1.807) is 24.5 Å². The maximum Gasteiger partial charge on any atom is 0.215 e. The molecule has 0 bridgehead atoms. The van der Waals surface area contributed by atoms with E-state index in [-0.39, 0.29) is 5.82 Å². The van der Waals surface area contributed by atoms with Gasteiger partial charge in [-0.25, -0.2) is 4.39 Å². The summed E-state index contributed by atoms with van der Waals surface area (Å²) >= 11 is 0. The largest absolute Gasteiger partial charge is 0.476 e. The summed E-state index contributed by atoms with van der Waals surface area (Å²) in [6.07, 6.45) is 6.07. The van der Waals surface area contributed by atoms with E-state index in [0.29, 0.717) is 12.5 Å². The van der Waals surface area contributed by atoms with E-state index in [4.69, 9.17) is 9.84 Å². The summed E-state index contributed by atoms with van der Waals surface area (Å²) in [5.74, 6) is 0.439. The highest BCUT2D eigenvalue weighted by molar-refractivity contribution is 5.92. The van der Waals surface area contributed by atoms with E-state index < -0.39 is 0 Å². The maximum absolute atomic E-state index is 13.5. The molecule has 0 unspecified atom stereocenters. The van der Waals surface area contributed by atoms with Gasteiger partial charge in [0.15, 0.2) is 0 Å². The van der Waals surface area contributed by atoms with Crippen LogP contribution < -0.4 is 4.74 Å². The van der Waals surface area contributed by atoms with Gasteiger partial charge in [0.05, 0.1) is 5.52 Å². The number of benzene rings is 1. The number of nitrogens with zero attached hydrogens (tertiary/aromatic N) is 4. The zero-order valence-electron chi connectivity index (χ0n) is 16.7. The maximum atomic E-state index is 13.5. The van der Waals surface area contributed by atoms with Crippen LogP contribution in [-0.4, -0.2) is 45.7 Å². The number of hydrogen-bond donors (Lipinski definition) is 0. The third-order valence-electron chi connectivity index (χ3n) is 5.57. The SMILES string of the molecule is Fc1ccc(-c2nn3c(OCCN4CCCC4)cccc3c2-c2ccncc2)cc1. The minimum absolute atomic E-state index is 0.265. The van der Waals surface area contributed by atoms with Gasteiger partial charge in [0.1, 0.15) is 18.1 Å². The second-order valence-corrected chi connectivity index (χ2v) is 7.52. The molecule has 1 saturated heterocycles. The van der Waals surface area contributed by atoms with Crippen molar-refractivity contribution in [3.8, 4) is 28.3 Å². The molecule has 0 spiro atoms. The summed E-state index contributed by atoms with van der Waals surface area (Å²) < 4.78 is 21.5. The van der Waals surface area contributed by atoms with Crippen LogP contribution in [0.5, 0.6) is 5.88 Å². The van der Waals surface area contributed by atoms with Crippen LogP contribution >= 0.6 is 0 Å². The van der Waals surface area contributed by atoms with E-state index in [9.17, 15) is 4.39 Å². The Morgan fingerprint density at radius 3 is 2.43 bits per heavy atom. The van der Waals surface area contributed by atoms with E-state index >= 15 is 0 Å². The van der Waals surface area contributed by atoms with Gasteiger partial charge >= 0.3 is 0 Å². The second kappa shape index (κ2) is 8.24. The Hall–Kier alpha value is -3.25. The molecule has 30 heavy (non-hydrogen) atoms. The third kappa shape index (κ3) is 3.66. The molecular weight excluding hydrogens is 379 g/mol. The van der Waals surface area contributed by atoms with Crippen molar-refractivity contribution in [2.45, 2.75) is 12.8 Å². The van der Waals surface area contributed by atoms with Crippen LogP contribution in [0.3, 0.4) is 0 Å². The lowest BCUT2D eigenvalue weighted by atomic mass is 10.0. The fourth-order valence-corrected chi connectivity index (χ4v) is 4.05. The number of pyridine rings is 2. The van der Waals surface area contributed by atoms with Gasteiger partial charge in [-0.3, -0.25) is 9.88 Å². The van der Waals surface area contributed by atoms with Crippen molar-refractivity contribution in [2.24, 2.45) is 0 Å². The molecule has 3 aromatic heterocycles. The molecule has 0 radical (unpaired) electrons. The molecular formula is C24H23FN4O. The molecule has 5 nitrogen and oxygen atoms in total. The molecule has 1 fully saturated rings. The molecule has 0 atom stereocenters. The number of hydrogen-bond acceptors (Lipinski definition) is 4. The number of fused-ring (bicyclic) bond motifs is 1. The molecule has 0 N–H and O–H groups in total. The van der Waals surface area contributed by atoms with Crippen LogP contribution in [0.15, 0.2) is 67.0 Å². The van der Waals surface area contributed by atoms with Crippen molar-refractivity contribution in [2.75, 3.05) is 26.2 Å².